The van der Waals surface area contributed by atoms with Crippen molar-refractivity contribution in [1.82, 2.24) is 4.90 Å². The number of carboxylic acid groups (broad SMARTS) is 1. The van der Waals surface area contributed by atoms with E-state index in [4.69, 9.17) is 5.11 Å². The zero-order valence-electron chi connectivity index (χ0n) is 7.98. The van der Waals surface area contributed by atoms with E-state index < -0.39 is 5.97 Å². The molecule has 1 atom stereocenters. The van der Waals surface area contributed by atoms with E-state index in [0.717, 1.165) is 0 Å². The maximum Gasteiger partial charge on any atom is 0.352 e. The standard InChI is InChI=1S/C9H11NO3S/c1-9(2)4-5(8(12)13)10-6(11)3-7(10)14-9/h4,7H,3H2,1-2H3,(H,12,13)/t7-/m1/s1. The Morgan fingerprint density at radius 2 is 2.36 bits per heavy atom. The second kappa shape index (κ2) is 2.76. The molecule has 0 saturated carbocycles. The van der Waals surface area contributed by atoms with Crippen LogP contribution in [0, 0.1) is 0 Å². The van der Waals surface area contributed by atoms with E-state index in [0.29, 0.717) is 6.42 Å². The van der Waals surface area contributed by atoms with E-state index in [1.807, 2.05) is 13.8 Å². The number of thioether (sulfide) groups is 1. The van der Waals surface area contributed by atoms with Gasteiger partial charge in [0.2, 0.25) is 5.91 Å². The molecule has 0 aromatic carbocycles. The lowest BCUT2D eigenvalue weighted by Crippen LogP contribution is -2.55. The number of hydrogen-bond donors (Lipinski definition) is 1. The van der Waals surface area contributed by atoms with Crippen molar-refractivity contribution in [1.29, 1.82) is 0 Å². The van der Waals surface area contributed by atoms with E-state index in [-0.39, 0.29) is 21.7 Å². The summed E-state index contributed by atoms with van der Waals surface area (Å²) in [5, 5.41) is 8.96. The van der Waals surface area contributed by atoms with Gasteiger partial charge in [0, 0.05) is 4.75 Å². The summed E-state index contributed by atoms with van der Waals surface area (Å²) in [4.78, 5) is 23.5. The molecule has 1 fully saturated rings. The van der Waals surface area contributed by atoms with E-state index in [1.54, 1.807) is 17.8 Å². The van der Waals surface area contributed by atoms with Crippen molar-refractivity contribution in [3.05, 3.63) is 11.8 Å². The molecule has 0 aromatic heterocycles. The van der Waals surface area contributed by atoms with Gasteiger partial charge in [-0.1, -0.05) is 0 Å². The highest BCUT2D eigenvalue weighted by Gasteiger charge is 2.47. The number of amides is 1. The summed E-state index contributed by atoms with van der Waals surface area (Å²) in [5.74, 6) is -1.11. The van der Waals surface area contributed by atoms with Crippen LogP contribution in [0.2, 0.25) is 0 Å². The number of hydrogen-bond acceptors (Lipinski definition) is 3. The fourth-order valence-electron chi connectivity index (χ4n) is 1.72. The number of rotatable bonds is 1. The van der Waals surface area contributed by atoms with Gasteiger partial charge in [-0.3, -0.25) is 9.69 Å². The van der Waals surface area contributed by atoms with E-state index in [9.17, 15) is 9.59 Å². The molecule has 1 amide bonds. The van der Waals surface area contributed by atoms with Crippen molar-refractivity contribution < 1.29 is 14.7 Å². The fourth-order valence-corrected chi connectivity index (χ4v) is 3.16. The Labute approximate surface area is 86.0 Å². The molecule has 2 rings (SSSR count). The largest absolute Gasteiger partial charge is 0.477 e. The summed E-state index contributed by atoms with van der Waals surface area (Å²) in [5.41, 5.74) is 0.134. The number of fused-ring (bicyclic) bond motifs is 1. The minimum absolute atomic E-state index is 0.0219. The van der Waals surface area contributed by atoms with E-state index in [1.165, 1.54) is 4.90 Å². The van der Waals surface area contributed by atoms with Crippen LogP contribution in [0.1, 0.15) is 20.3 Å². The monoisotopic (exact) mass is 213 g/mol. The van der Waals surface area contributed by atoms with Crippen LogP contribution >= 0.6 is 11.8 Å². The van der Waals surface area contributed by atoms with Gasteiger partial charge in [-0.25, -0.2) is 4.79 Å². The Morgan fingerprint density at radius 3 is 2.86 bits per heavy atom. The summed E-state index contributed by atoms with van der Waals surface area (Å²) < 4.78 is -0.199. The molecule has 76 valence electrons. The molecule has 0 bridgehead atoms. The van der Waals surface area contributed by atoms with Crippen LogP contribution in [0.4, 0.5) is 0 Å². The first kappa shape index (κ1) is 9.58. The second-order valence-corrected chi connectivity index (χ2v) is 5.81. The predicted molar refractivity (Wildman–Crippen MR) is 52.6 cm³/mol. The highest BCUT2D eigenvalue weighted by atomic mass is 32.2. The van der Waals surface area contributed by atoms with E-state index in [2.05, 4.69) is 0 Å². The van der Waals surface area contributed by atoms with Gasteiger partial charge < -0.3 is 5.11 Å². The molecule has 0 aliphatic carbocycles. The number of β-lactam (4-membered cyclic amide) rings is 1. The van der Waals surface area contributed by atoms with Gasteiger partial charge in [-0.2, -0.15) is 0 Å². The van der Waals surface area contributed by atoms with Gasteiger partial charge >= 0.3 is 5.97 Å². The third-order valence-electron chi connectivity index (χ3n) is 2.31. The first-order valence-corrected chi connectivity index (χ1v) is 5.25. The van der Waals surface area contributed by atoms with Gasteiger partial charge in [0.25, 0.3) is 0 Å². The molecule has 4 nitrogen and oxygen atoms in total. The maximum absolute atomic E-state index is 11.2. The maximum atomic E-state index is 11.2. The Balaban J connectivity index is 2.37. The molecule has 2 aliphatic rings. The molecule has 14 heavy (non-hydrogen) atoms. The molecular weight excluding hydrogens is 202 g/mol. The van der Waals surface area contributed by atoms with Crippen LogP contribution in [0.15, 0.2) is 11.8 Å². The number of carbonyl (C=O) groups excluding carboxylic acids is 1. The number of carbonyl (C=O) groups is 2. The van der Waals surface area contributed by atoms with Crippen LogP contribution in [-0.2, 0) is 9.59 Å². The lowest BCUT2D eigenvalue weighted by molar-refractivity contribution is -0.146. The molecule has 0 unspecified atom stereocenters. The molecule has 5 heteroatoms. The predicted octanol–water partition coefficient (Wildman–Crippen LogP) is 1.04. The summed E-state index contributed by atoms with van der Waals surface area (Å²) in [6, 6.07) is 0. The van der Waals surface area contributed by atoms with Crippen molar-refractivity contribution in [3.63, 3.8) is 0 Å². The van der Waals surface area contributed by atoms with Crippen molar-refractivity contribution >= 4 is 23.6 Å². The summed E-state index contributed by atoms with van der Waals surface area (Å²) in [6.07, 6.45) is 2.10. The first-order chi connectivity index (χ1) is 6.41. The zero-order chi connectivity index (χ0) is 10.5. The molecular formula is C9H11NO3S. The third-order valence-corrected chi connectivity index (χ3v) is 3.68. The van der Waals surface area contributed by atoms with Crippen molar-refractivity contribution in [2.24, 2.45) is 0 Å². The average Bonchev–Trinajstić information content (AvgIpc) is 2.00. The average molecular weight is 213 g/mol. The lowest BCUT2D eigenvalue weighted by atomic mass is 10.1. The minimum Gasteiger partial charge on any atom is -0.477 e. The molecule has 2 heterocycles. The molecule has 0 spiro atoms. The highest BCUT2D eigenvalue weighted by molar-refractivity contribution is 8.01. The van der Waals surface area contributed by atoms with Crippen molar-refractivity contribution in [3.8, 4) is 0 Å². The summed E-state index contributed by atoms with van der Waals surface area (Å²) in [6.45, 7) is 3.92. The normalized spacial score (nSPS) is 29.0. The molecule has 1 N–H and O–H groups in total. The number of nitrogens with zero attached hydrogens (tertiary/aromatic N) is 1. The summed E-state index contributed by atoms with van der Waals surface area (Å²) in [7, 11) is 0. The van der Waals surface area contributed by atoms with Gasteiger partial charge in [-0.15, -0.1) is 11.8 Å². The second-order valence-electron chi connectivity index (χ2n) is 3.98. The molecule has 0 radical (unpaired) electrons. The van der Waals surface area contributed by atoms with Gasteiger partial charge in [0.05, 0.1) is 11.8 Å². The first-order valence-electron chi connectivity index (χ1n) is 4.37. The Morgan fingerprint density at radius 1 is 1.71 bits per heavy atom. The van der Waals surface area contributed by atoms with Crippen LogP contribution in [-0.4, -0.2) is 32.0 Å². The van der Waals surface area contributed by atoms with Crippen LogP contribution in [0.3, 0.4) is 0 Å². The smallest absolute Gasteiger partial charge is 0.352 e. The highest BCUT2D eigenvalue weighted by Crippen LogP contribution is 2.45. The van der Waals surface area contributed by atoms with Gasteiger partial charge in [-0.05, 0) is 19.9 Å². The topological polar surface area (TPSA) is 57.6 Å². The number of aliphatic carboxylic acids is 1. The lowest BCUT2D eigenvalue weighted by Gasteiger charge is -2.46. The molecule has 0 aromatic rings. The van der Waals surface area contributed by atoms with Crippen molar-refractivity contribution in [2.75, 3.05) is 0 Å². The number of carboxylic acids is 1. The quantitative estimate of drug-likeness (QED) is 0.661. The van der Waals surface area contributed by atoms with Crippen LogP contribution in [0.25, 0.3) is 0 Å². The fraction of sp³-hybridized carbons (Fsp3) is 0.556. The summed E-state index contributed by atoms with van der Waals surface area (Å²) >= 11 is 1.63. The molecule has 2 aliphatic heterocycles. The van der Waals surface area contributed by atoms with E-state index >= 15 is 0 Å². The zero-order valence-corrected chi connectivity index (χ0v) is 8.80. The van der Waals surface area contributed by atoms with Gasteiger partial charge in [0.1, 0.15) is 5.70 Å². The van der Waals surface area contributed by atoms with Crippen LogP contribution in [0.5, 0.6) is 0 Å². The SMILES string of the molecule is CC1(C)C=C(C(=O)O)N2C(=O)C[C@H]2S1. The van der Waals surface area contributed by atoms with Crippen molar-refractivity contribution in [2.45, 2.75) is 30.4 Å². The Hall–Kier alpha value is -0.970. The third kappa shape index (κ3) is 1.32. The van der Waals surface area contributed by atoms with Crippen LogP contribution < -0.4 is 0 Å². The Bertz CT molecular complexity index is 348. The Kier molecular flexibility index (Phi) is 1.89. The minimum atomic E-state index is -1.02. The molecule has 1 saturated heterocycles. The van der Waals surface area contributed by atoms with Gasteiger partial charge in [0.15, 0.2) is 0 Å².